The lowest BCUT2D eigenvalue weighted by molar-refractivity contribution is 0.133. The van der Waals surface area contributed by atoms with Crippen LogP contribution in [0.2, 0.25) is 0 Å². The van der Waals surface area contributed by atoms with Crippen molar-refractivity contribution in [1.82, 2.24) is 0 Å². The molecule has 0 heterocycles. The van der Waals surface area contributed by atoms with Crippen LogP contribution in [0.1, 0.15) is 46.1 Å². The first-order valence-corrected chi connectivity index (χ1v) is 16.3. The minimum Gasteiger partial charge on any atom is -0.0836 e. The molecule has 7 aromatic rings. The normalized spacial score (nSPS) is 14.5. The standard InChI is InChI=1S/C44H40/c1-43(2,44(3,4)34-23-24-34)26-10-13-30-11-9-12-31-20-18-29-19-21-32(27-40(29)42(30)31)33-22-25-39-37-16-6-5-14-35(37)36-15-7-8-17-38(36)41(39)28-33/h5-12,14-22,25-28,34H,13,23-24H2,1-4H3. The number of allylic oxidation sites excluding steroid dienone is 2. The Morgan fingerprint density at radius 1 is 0.545 bits per heavy atom. The van der Waals surface area contributed by atoms with Gasteiger partial charge in [0.25, 0.3) is 0 Å². The minimum atomic E-state index is 0.166. The van der Waals surface area contributed by atoms with Crippen LogP contribution in [-0.4, -0.2) is 0 Å². The molecule has 0 bridgehead atoms. The van der Waals surface area contributed by atoms with Gasteiger partial charge in [-0.15, -0.1) is 0 Å². The Morgan fingerprint density at radius 3 is 1.75 bits per heavy atom. The van der Waals surface area contributed by atoms with Crippen molar-refractivity contribution in [3.8, 4) is 11.1 Å². The van der Waals surface area contributed by atoms with E-state index in [2.05, 4.69) is 155 Å². The molecule has 7 aromatic carbocycles. The molecule has 0 amide bonds. The molecule has 1 fully saturated rings. The zero-order chi connectivity index (χ0) is 30.1. The molecule has 0 heteroatoms. The molecule has 0 aliphatic heterocycles. The molecule has 0 nitrogen and oxygen atoms in total. The molecular formula is C44H40. The van der Waals surface area contributed by atoms with Crippen molar-refractivity contribution < 1.29 is 0 Å². The number of hydrogen-bond donors (Lipinski definition) is 0. The second kappa shape index (κ2) is 10.1. The Hall–Kier alpha value is -4.42. The van der Waals surface area contributed by atoms with Crippen molar-refractivity contribution >= 4 is 53.9 Å². The average Bonchev–Trinajstić information content (AvgIpc) is 3.91. The zero-order valence-corrected chi connectivity index (χ0v) is 26.3. The van der Waals surface area contributed by atoms with Crippen molar-refractivity contribution in [2.75, 3.05) is 0 Å². The smallest absolute Gasteiger partial charge is 0.00699 e. The van der Waals surface area contributed by atoms with E-state index in [1.165, 1.54) is 83.4 Å². The summed E-state index contributed by atoms with van der Waals surface area (Å²) in [5, 5.41) is 13.2. The third kappa shape index (κ3) is 4.34. The molecule has 1 aliphatic rings. The Labute approximate surface area is 261 Å². The van der Waals surface area contributed by atoms with Gasteiger partial charge >= 0.3 is 0 Å². The Bertz CT molecular complexity index is 2220. The SMILES string of the molecule is CC(C)(C=CCc1cccc2ccc3ccc(-c4ccc5c6ccccc6c6ccccc6c5c4)cc3c12)C(C)(C)C1CC1. The largest absolute Gasteiger partial charge is 0.0836 e. The summed E-state index contributed by atoms with van der Waals surface area (Å²) in [6.07, 6.45) is 8.63. The summed E-state index contributed by atoms with van der Waals surface area (Å²) in [4.78, 5) is 0. The highest BCUT2D eigenvalue weighted by atomic mass is 14.5. The molecule has 0 aromatic heterocycles. The Kier molecular flexibility index (Phi) is 6.21. The van der Waals surface area contributed by atoms with E-state index in [1.54, 1.807) is 0 Å². The van der Waals surface area contributed by atoms with Crippen LogP contribution in [-0.2, 0) is 6.42 Å². The summed E-state index contributed by atoms with van der Waals surface area (Å²) < 4.78 is 0. The lowest BCUT2D eigenvalue weighted by atomic mass is 9.65. The third-order valence-corrected chi connectivity index (χ3v) is 11.2. The summed E-state index contributed by atoms with van der Waals surface area (Å²) in [6.45, 7) is 9.75. The molecule has 44 heavy (non-hydrogen) atoms. The quantitative estimate of drug-likeness (QED) is 0.138. The average molecular weight is 569 g/mol. The van der Waals surface area contributed by atoms with Crippen molar-refractivity contribution in [2.45, 2.75) is 47.0 Å². The van der Waals surface area contributed by atoms with Gasteiger partial charge in [0.2, 0.25) is 0 Å². The van der Waals surface area contributed by atoms with E-state index in [4.69, 9.17) is 0 Å². The molecule has 1 saturated carbocycles. The fraction of sp³-hybridized carbons (Fsp3) is 0.227. The van der Waals surface area contributed by atoms with Gasteiger partial charge in [-0.3, -0.25) is 0 Å². The molecule has 0 radical (unpaired) electrons. The lowest BCUT2D eigenvalue weighted by Crippen LogP contribution is -2.32. The first-order valence-electron chi connectivity index (χ1n) is 16.3. The highest BCUT2D eigenvalue weighted by molar-refractivity contribution is 6.25. The zero-order valence-electron chi connectivity index (χ0n) is 26.3. The maximum absolute atomic E-state index is 2.49. The first-order chi connectivity index (χ1) is 21.3. The van der Waals surface area contributed by atoms with Crippen LogP contribution in [0.15, 0.2) is 127 Å². The number of benzene rings is 7. The second-order valence-corrected chi connectivity index (χ2v) is 14.2. The van der Waals surface area contributed by atoms with Gasteiger partial charge in [-0.25, -0.2) is 0 Å². The summed E-state index contributed by atoms with van der Waals surface area (Å²) in [5.41, 5.74) is 4.42. The van der Waals surface area contributed by atoms with Crippen LogP contribution < -0.4 is 0 Å². The van der Waals surface area contributed by atoms with Gasteiger partial charge in [0.1, 0.15) is 0 Å². The predicted molar refractivity (Wildman–Crippen MR) is 193 cm³/mol. The van der Waals surface area contributed by atoms with Gasteiger partial charge < -0.3 is 0 Å². The van der Waals surface area contributed by atoms with E-state index in [1.807, 2.05) is 0 Å². The first kappa shape index (κ1) is 27.2. The molecule has 8 rings (SSSR count). The number of hydrogen-bond acceptors (Lipinski definition) is 0. The van der Waals surface area contributed by atoms with Crippen LogP contribution in [0.3, 0.4) is 0 Å². The summed E-state index contributed by atoms with van der Waals surface area (Å²) in [6, 6.07) is 43.1. The van der Waals surface area contributed by atoms with E-state index in [9.17, 15) is 0 Å². The van der Waals surface area contributed by atoms with E-state index in [0.717, 1.165) is 12.3 Å². The van der Waals surface area contributed by atoms with Crippen molar-refractivity contribution in [1.29, 1.82) is 0 Å². The van der Waals surface area contributed by atoms with Gasteiger partial charge in [0, 0.05) is 0 Å². The van der Waals surface area contributed by atoms with Crippen molar-refractivity contribution in [2.24, 2.45) is 16.7 Å². The van der Waals surface area contributed by atoms with Crippen LogP contribution >= 0.6 is 0 Å². The van der Waals surface area contributed by atoms with E-state index in [0.29, 0.717) is 5.41 Å². The van der Waals surface area contributed by atoms with Gasteiger partial charge in [-0.05, 0) is 119 Å². The third-order valence-electron chi connectivity index (χ3n) is 11.2. The molecular weight excluding hydrogens is 528 g/mol. The second-order valence-electron chi connectivity index (χ2n) is 14.2. The highest BCUT2D eigenvalue weighted by Gasteiger charge is 2.46. The van der Waals surface area contributed by atoms with Gasteiger partial charge in [-0.1, -0.05) is 143 Å². The van der Waals surface area contributed by atoms with Crippen molar-refractivity contribution in [3.05, 3.63) is 133 Å². The summed E-state index contributed by atoms with van der Waals surface area (Å²) in [5.74, 6) is 0.855. The lowest BCUT2D eigenvalue weighted by Gasteiger charge is -2.40. The van der Waals surface area contributed by atoms with Crippen LogP contribution in [0, 0.1) is 16.7 Å². The molecule has 0 unspecified atom stereocenters. The number of fused-ring (bicyclic) bond motifs is 9. The fourth-order valence-corrected chi connectivity index (χ4v) is 7.65. The van der Waals surface area contributed by atoms with Crippen molar-refractivity contribution in [3.63, 3.8) is 0 Å². The Morgan fingerprint density at radius 2 is 1.09 bits per heavy atom. The molecule has 216 valence electrons. The highest BCUT2D eigenvalue weighted by Crippen LogP contribution is 2.55. The monoisotopic (exact) mass is 568 g/mol. The van der Waals surface area contributed by atoms with Crippen LogP contribution in [0.4, 0.5) is 0 Å². The molecule has 0 atom stereocenters. The minimum absolute atomic E-state index is 0.166. The summed E-state index contributed by atoms with van der Waals surface area (Å²) >= 11 is 0. The molecule has 0 N–H and O–H groups in total. The van der Waals surface area contributed by atoms with Gasteiger partial charge in [0.05, 0.1) is 0 Å². The van der Waals surface area contributed by atoms with Crippen LogP contribution in [0.5, 0.6) is 0 Å². The molecule has 0 spiro atoms. The maximum atomic E-state index is 2.49. The molecule has 1 aliphatic carbocycles. The Balaban J connectivity index is 1.25. The summed E-state index contributed by atoms with van der Waals surface area (Å²) in [7, 11) is 0. The fourth-order valence-electron chi connectivity index (χ4n) is 7.65. The van der Waals surface area contributed by atoms with Crippen LogP contribution in [0.25, 0.3) is 65.0 Å². The predicted octanol–water partition coefficient (Wildman–Crippen LogP) is 12.7. The van der Waals surface area contributed by atoms with E-state index < -0.39 is 0 Å². The topological polar surface area (TPSA) is 0 Å². The van der Waals surface area contributed by atoms with E-state index >= 15 is 0 Å². The molecule has 0 saturated heterocycles. The van der Waals surface area contributed by atoms with Gasteiger partial charge in [-0.2, -0.15) is 0 Å². The number of rotatable bonds is 6. The maximum Gasteiger partial charge on any atom is -0.00699 e. The van der Waals surface area contributed by atoms with Gasteiger partial charge in [0.15, 0.2) is 0 Å². The van der Waals surface area contributed by atoms with E-state index in [-0.39, 0.29) is 5.41 Å².